The normalized spacial score (nSPS) is 18.5. The van der Waals surface area contributed by atoms with E-state index in [2.05, 4.69) is 0 Å². The van der Waals surface area contributed by atoms with Crippen LogP contribution in [0.3, 0.4) is 0 Å². The number of allylic oxidation sites excluding steroid dienone is 4. The lowest BCUT2D eigenvalue weighted by molar-refractivity contribution is -0.132. The molecule has 0 amide bonds. The van der Waals surface area contributed by atoms with Crippen LogP contribution in [0.1, 0.15) is 0 Å². The van der Waals surface area contributed by atoms with Crippen molar-refractivity contribution >= 4 is 12.3 Å². The Bertz CT molecular complexity index is 282. The highest BCUT2D eigenvalue weighted by Gasteiger charge is 2.07. The molecule has 0 aromatic heterocycles. The summed E-state index contributed by atoms with van der Waals surface area (Å²) in [6.07, 6.45) is 6.42. The molecule has 1 N–H and O–H groups in total. The average Bonchev–Trinajstić information content (AvgIpc) is 2.37. The molecule has 1 aliphatic rings. The van der Waals surface area contributed by atoms with E-state index in [1.54, 1.807) is 6.08 Å². The van der Waals surface area contributed by atoms with Crippen LogP contribution in [-0.2, 0) is 9.59 Å². The van der Waals surface area contributed by atoms with Crippen molar-refractivity contribution in [2.75, 3.05) is 0 Å². The van der Waals surface area contributed by atoms with Crippen molar-refractivity contribution in [1.82, 2.24) is 0 Å². The third-order valence-corrected chi connectivity index (χ3v) is 1.28. The lowest BCUT2D eigenvalue weighted by atomic mass is 10.2. The summed E-state index contributed by atoms with van der Waals surface area (Å²) in [6, 6.07) is 0. The van der Waals surface area contributed by atoms with Crippen molar-refractivity contribution < 1.29 is 14.7 Å². The summed E-state index contributed by atoms with van der Waals surface area (Å²) in [5.41, 5.74) is 0.829. The molecule has 56 valence electrons. The lowest BCUT2D eigenvalue weighted by Crippen LogP contribution is -1.94. The van der Waals surface area contributed by atoms with E-state index in [0.717, 1.165) is 0 Å². The number of carbonyl (C=O) groups excluding carboxylic acids is 1. The van der Waals surface area contributed by atoms with E-state index in [0.29, 0.717) is 11.9 Å². The molecule has 0 saturated heterocycles. The number of carbonyl (C=O) groups is 2. The highest BCUT2D eigenvalue weighted by Crippen LogP contribution is 2.13. The van der Waals surface area contributed by atoms with Gasteiger partial charge in [0.2, 0.25) is 0 Å². The zero-order valence-electron chi connectivity index (χ0n) is 5.65. The zero-order valence-corrected chi connectivity index (χ0v) is 5.65. The van der Waals surface area contributed by atoms with Gasteiger partial charge in [-0.25, -0.2) is 4.79 Å². The zero-order chi connectivity index (χ0) is 8.27. The minimum absolute atomic E-state index is 0.207. The van der Waals surface area contributed by atoms with E-state index in [1.165, 1.54) is 18.2 Å². The van der Waals surface area contributed by atoms with Gasteiger partial charge < -0.3 is 5.11 Å². The Morgan fingerprint density at radius 3 is 2.64 bits per heavy atom. The standard InChI is InChI=1S/C8H6O3/c9-4-3-6-1-2-7(5-6)8(10)11/h1-5H,(H,10,11)/b6-3+. The molecule has 0 atom stereocenters. The molecule has 0 bridgehead atoms. The quantitative estimate of drug-likeness (QED) is 0.465. The molecule has 3 nitrogen and oxygen atoms in total. The second-order valence-electron chi connectivity index (χ2n) is 2.04. The van der Waals surface area contributed by atoms with Gasteiger partial charge in [-0.05, 0) is 23.8 Å². The molecule has 0 aliphatic heterocycles. The fourth-order valence-corrected chi connectivity index (χ4v) is 0.777. The van der Waals surface area contributed by atoms with Crippen LogP contribution in [-0.4, -0.2) is 17.4 Å². The maximum atomic E-state index is 10.3. The van der Waals surface area contributed by atoms with Gasteiger partial charge in [-0.15, -0.1) is 0 Å². The summed E-state index contributed by atoms with van der Waals surface area (Å²) in [7, 11) is 0. The number of carboxylic acids is 1. The highest BCUT2D eigenvalue weighted by atomic mass is 16.4. The van der Waals surface area contributed by atoms with Gasteiger partial charge in [-0.3, -0.25) is 4.79 Å². The number of carboxylic acid groups (broad SMARTS) is 1. The molecule has 0 unspecified atom stereocenters. The molecule has 0 heterocycles. The molecular formula is C8H6O3. The van der Waals surface area contributed by atoms with Crippen LogP contribution in [0.2, 0.25) is 0 Å². The topological polar surface area (TPSA) is 54.4 Å². The van der Waals surface area contributed by atoms with E-state index in [4.69, 9.17) is 5.11 Å². The van der Waals surface area contributed by atoms with Gasteiger partial charge in [0.25, 0.3) is 0 Å². The molecule has 0 fully saturated rings. The van der Waals surface area contributed by atoms with Gasteiger partial charge in [0.05, 0.1) is 5.57 Å². The number of aldehydes is 1. The van der Waals surface area contributed by atoms with Crippen molar-refractivity contribution in [2.24, 2.45) is 0 Å². The lowest BCUT2D eigenvalue weighted by Gasteiger charge is -1.84. The molecule has 3 heteroatoms. The Hall–Kier alpha value is -1.64. The van der Waals surface area contributed by atoms with Crippen LogP contribution in [0.15, 0.2) is 35.5 Å². The molecule has 11 heavy (non-hydrogen) atoms. The van der Waals surface area contributed by atoms with Crippen molar-refractivity contribution in [3.05, 3.63) is 35.5 Å². The van der Waals surface area contributed by atoms with E-state index >= 15 is 0 Å². The Labute approximate surface area is 63.3 Å². The predicted octanol–water partition coefficient (Wildman–Crippen LogP) is 0.692. The number of rotatable bonds is 2. The summed E-state index contributed by atoms with van der Waals surface area (Å²) >= 11 is 0. The Morgan fingerprint density at radius 2 is 2.18 bits per heavy atom. The first-order chi connectivity index (χ1) is 5.24. The average molecular weight is 150 g/mol. The summed E-state index contributed by atoms with van der Waals surface area (Å²) in [6.45, 7) is 0. The van der Waals surface area contributed by atoms with Crippen LogP contribution < -0.4 is 0 Å². The first-order valence-electron chi connectivity index (χ1n) is 3.02. The van der Waals surface area contributed by atoms with Crippen molar-refractivity contribution in [1.29, 1.82) is 0 Å². The summed E-state index contributed by atoms with van der Waals surface area (Å²) in [5.74, 6) is -0.976. The first kappa shape index (κ1) is 7.47. The van der Waals surface area contributed by atoms with Gasteiger partial charge >= 0.3 is 5.97 Å². The van der Waals surface area contributed by atoms with E-state index in [-0.39, 0.29) is 5.57 Å². The van der Waals surface area contributed by atoms with Crippen LogP contribution in [0, 0.1) is 0 Å². The maximum Gasteiger partial charge on any atom is 0.335 e. The second-order valence-corrected chi connectivity index (χ2v) is 2.04. The largest absolute Gasteiger partial charge is 0.478 e. The molecule has 1 aliphatic carbocycles. The van der Waals surface area contributed by atoms with Gasteiger partial charge in [-0.2, -0.15) is 0 Å². The Balaban J connectivity index is 2.86. The van der Waals surface area contributed by atoms with Crippen LogP contribution in [0.4, 0.5) is 0 Å². The molecule has 0 spiro atoms. The third kappa shape index (κ3) is 1.64. The van der Waals surface area contributed by atoms with Crippen LogP contribution >= 0.6 is 0 Å². The van der Waals surface area contributed by atoms with E-state index < -0.39 is 5.97 Å². The van der Waals surface area contributed by atoms with Gasteiger partial charge in [-0.1, -0.05) is 6.08 Å². The molecule has 0 aromatic carbocycles. The van der Waals surface area contributed by atoms with Crippen LogP contribution in [0.5, 0.6) is 0 Å². The molecule has 0 aromatic rings. The third-order valence-electron chi connectivity index (χ3n) is 1.28. The molecular weight excluding hydrogens is 144 g/mol. The summed E-state index contributed by atoms with van der Waals surface area (Å²) in [5, 5.41) is 8.46. The molecule has 0 saturated carbocycles. The van der Waals surface area contributed by atoms with Crippen molar-refractivity contribution in [3.63, 3.8) is 0 Å². The second kappa shape index (κ2) is 2.96. The molecule has 1 rings (SSSR count). The summed E-state index contributed by atoms with van der Waals surface area (Å²) in [4.78, 5) is 20.3. The number of hydrogen-bond acceptors (Lipinski definition) is 2. The summed E-state index contributed by atoms with van der Waals surface area (Å²) < 4.78 is 0. The monoisotopic (exact) mass is 150 g/mol. The van der Waals surface area contributed by atoms with E-state index in [9.17, 15) is 9.59 Å². The van der Waals surface area contributed by atoms with E-state index in [1.807, 2.05) is 0 Å². The van der Waals surface area contributed by atoms with Gasteiger partial charge in [0.15, 0.2) is 0 Å². The SMILES string of the molecule is O=C/C=C1\C=CC(C(=O)O)=C1. The van der Waals surface area contributed by atoms with Crippen molar-refractivity contribution in [3.8, 4) is 0 Å². The predicted molar refractivity (Wildman–Crippen MR) is 39.0 cm³/mol. The number of hydrogen-bond donors (Lipinski definition) is 1. The fourth-order valence-electron chi connectivity index (χ4n) is 0.777. The highest BCUT2D eigenvalue weighted by molar-refractivity contribution is 5.92. The molecule has 0 radical (unpaired) electrons. The minimum Gasteiger partial charge on any atom is -0.478 e. The smallest absolute Gasteiger partial charge is 0.335 e. The Morgan fingerprint density at radius 1 is 1.45 bits per heavy atom. The minimum atomic E-state index is -0.976. The fraction of sp³-hybridized carbons (Fsp3) is 0. The van der Waals surface area contributed by atoms with Gasteiger partial charge in [0.1, 0.15) is 6.29 Å². The maximum absolute atomic E-state index is 10.3. The number of aliphatic carboxylic acids is 1. The first-order valence-corrected chi connectivity index (χ1v) is 3.02. The van der Waals surface area contributed by atoms with Crippen molar-refractivity contribution in [2.45, 2.75) is 0 Å². The van der Waals surface area contributed by atoms with Crippen LogP contribution in [0.25, 0.3) is 0 Å². The van der Waals surface area contributed by atoms with Gasteiger partial charge in [0, 0.05) is 0 Å². The Kier molecular flexibility index (Phi) is 2.01.